The maximum atomic E-state index is 11.6. The van der Waals surface area contributed by atoms with E-state index in [4.69, 9.17) is 0 Å². The van der Waals surface area contributed by atoms with E-state index in [9.17, 15) is 19.8 Å². The van der Waals surface area contributed by atoms with E-state index < -0.39 is 17.4 Å². The third-order valence-electron chi connectivity index (χ3n) is 3.90. The predicted octanol–water partition coefficient (Wildman–Crippen LogP) is 2.93. The topological polar surface area (TPSA) is 74.6 Å². The quantitative estimate of drug-likeness (QED) is 0.392. The van der Waals surface area contributed by atoms with Crippen LogP contribution in [0, 0.1) is 0 Å². The number of hydrogen-bond acceptors (Lipinski definition) is 2. The molecule has 1 aromatic carbocycles. The Hall–Kier alpha value is -0.580. The molecule has 22 heavy (non-hydrogen) atoms. The summed E-state index contributed by atoms with van der Waals surface area (Å²) in [6.45, 7) is 2.13. The van der Waals surface area contributed by atoms with E-state index >= 15 is 0 Å². The SMILES string of the molecule is CCCCCCCCC(C(=O)O)(C(=O)O)c1ccccc1.[CaH2]. The van der Waals surface area contributed by atoms with E-state index in [0.717, 1.165) is 25.7 Å². The Bertz CT molecular complexity index is 445. The third-order valence-corrected chi connectivity index (χ3v) is 3.90. The molecule has 2 N–H and O–H groups in total. The van der Waals surface area contributed by atoms with Gasteiger partial charge in [-0.25, -0.2) is 0 Å². The number of benzene rings is 1. The average Bonchev–Trinajstić information content (AvgIpc) is 2.47. The number of aliphatic carboxylic acids is 2. The van der Waals surface area contributed by atoms with Gasteiger partial charge in [0.15, 0.2) is 5.41 Å². The second-order valence-corrected chi connectivity index (χ2v) is 5.40. The van der Waals surface area contributed by atoms with Crippen molar-refractivity contribution in [3.63, 3.8) is 0 Å². The van der Waals surface area contributed by atoms with Gasteiger partial charge in [0.2, 0.25) is 0 Å². The summed E-state index contributed by atoms with van der Waals surface area (Å²) in [7, 11) is 0. The molecule has 0 aromatic heterocycles. The van der Waals surface area contributed by atoms with E-state index in [1.54, 1.807) is 30.3 Å². The van der Waals surface area contributed by atoms with Gasteiger partial charge < -0.3 is 10.2 Å². The van der Waals surface area contributed by atoms with Gasteiger partial charge in [-0.2, -0.15) is 0 Å². The van der Waals surface area contributed by atoms with Gasteiger partial charge in [-0.05, 0) is 12.0 Å². The van der Waals surface area contributed by atoms with Crippen molar-refractivity contribution in [2.24, 2.45) is 0 Å². The van der Waals surface area contributed by atoms with Gasteiger partial charge in [0.1, 0.15) is 0 Å². The fourth-order valence-electron chi connectivity index (χ4n) is 2.59. The molecule has 0 radical (unpaired) electrons. The zero-order chi connectivity index (χ0) is 15.7. The molecular formula is C17H26CaO4. The van der Waals surface area contributed by atoms with Crippen molar-refractivity contribution in [1.29, 1.82) is 0 Å². The normalized spacial score (nSPS) is 10.8. The van der Waals surface area contributed by atoms with Crippen molar-refractivity contribution < 1.29 is 19.8 Å². The molecule has 1 rings (SSSR count). The molecule has 0 amide bonds. The Morgan fingerprint density at radius 1 is 0.909 bits per heavy atom. The van der Waals surface area contributed by atoms with Crippen molar-refractivity contribution in [1.82, 2.24) is 0 Å². The van der Waals surface area contributed by atoms with Gasteiger partial charge in [-0.3, -0.25) is 9.59 Å². The summed E-state index contributed by atoms with van der Waals surface area (Å²) in [6.07, 6.45) is 6.08. The molecule has 120 valence electrons. The molecule has 1 aromatic rings. The van der Waals surface area contributed by atoms with E-state index in [1.807, 2.05) is 0 Å². The summed E-state index contributed by atoms with van der Waals surface area (Å²) in [5.74, 6) is -2.57. The standard InChI is InChI=1S/C17H24O4.Ca.2H/c1-2-3-4-5-6-10-13-17(15(18)19,16(20)21)14-11-8-7-9-12-14;;;/h7-9,11-12H,2-6,10,13H2,1H3,(H,18,19)(H,20,21);;;. The minimum atomic E-state index is -1.83. The van der Waals surface area contributed by atoms with Crippen LogP contribution in [0.5, 0.6) is 0 Å². The Balaban J connectivity index is 0.00000441. The number of unbranched alkanes of at least 4 members (excludes halogenated alkanes) is 5. The van der Waals surface area contributed by atoms with Crippen molar-refractivity contribution in [2.45, 2.75) is 57.3 Å². The molecule has 0 unspecified atom stereocenters. The van der Waals surface area contributed by atoms with Crippen LogP contribution in [0.15, 0.2) is 30.3 Å². The van der Waals surface area contributed by atoms with Crippen LogP contribution in [-0.2, 0) is 15.0 Å². The van der Waals surface area contributed by atoms with E-state index in [1.165, 1.54) is 6.42 Å². The molecule has 0 aliphatic carbocycles. The first-order chi connectivity index (χ1) is 10.1. The van der Waals surface area contributed by atoms with Crippen LogP contribution in [0.2, 0.25) is 0 Å². The fraction of sp³-hybridized carbons (Fsp3) is 0.529. The molecule has 0 spiro atoms. The van der Waals surface area contributed by atoms with Gasteiger partial charge in [0.25, 0.3) is 0 Å². The Kier molecular flexibility index (Phi) is 10.7. The van der Waals surface area contributed by atoms with Crippen molar-refractivity contribution in [3.8, 4) is 0 Å². The van der Waals surface area contributed by atoms with Crippen LogP contribution in [0.4, 0.5) is 0 Å². The zero-order valence-corrected chi connectivity index (χ0v) is 12.5. The van der Waals surface area contributed by atoms with Crippen LogP contribution in [0.3, 0.4) is 0 Å². The molecule has 0 aliphatic heterocycles. The molecule has 0 saturated carbocycles. The predicted molar refractivity (Wildman–Crippen MR) is 89.9 cm³/mol. The fourth-order valence-corrected chi connectivity index (χ4v) is 2.59. The summed E-state index contributed by atoms with van der Waals surface area (Å²) in [5.41, 5.74) is -1.48. The summed E-state index contributed by atoms with van der Waals surface area (Å²) >= 11 is 0. The first kappa shape index (κ1) is 21.4. The maximum absolute atomic E-state index is 11.6. The summed E-state index contributed by atoms with van der Waals surface area (Å²) in [6, 6.07) is 8.27. The Morgan fingerprint density at radius 3 is 1.91 bits per heavy atom. The van der Waals surface area contributed by atoms with Gasteiger partial charge in [0.05, 0.1) is 0 Å². The Labute approximate surface area is 161 Å². The number of carboxylic acid groups (broad SMARTS) is 2. The van der Waals surface area contributed by atoms with E-state index in [0.29, 0.717) is 12.0 Å². The molecule has 0 heterocycles. The number of rotatable bonds is 10. The van der Waals surface area contributed by atoms with Crippen molar-refractivity contribution >= 4 is 49.7 Å². The van der Waals surface area contributed by atoms with Gasteiger partial charge in [-0.15, -0.1) is 0 Å². The first-order valence-electron chi connectivity index (χ1n) is 7.58. The van der Waals surface area contributed by atoms with Gasteiger partial charge in [-0.1, -0.05) is 75.8 Å². The second kappa shape index (κ2) is 11.0. The molecule has 0 fully saturated rings. The molecule has 0 atom stereocenters. The van der Waals surface area contributed by atoms with E-state index in [2.05, 4.69) is 6.92 Å². The summed E-state index contributed by atoms with van der Waals surface area (Å²) < 4.78 is 0. The number of hydrogen-bond donors (Lipinski definition) is 2. The Morgan fingerprint density at radius 2 is 1.41 bits per heavy atom. The van der Waals surface area contributed by atoms with Crippen LogP contribution in [0.25, 0.3) is 0 Å². The van der Waals surface area contributed by atoms with Crippen LogP contribution < -0.4 is 0 Å². The third kappa shape index (κ3) is 5.56. The van der Waals surface area contributed by atoms with Gasteiger partial charge >= 0.3 is 49.7 Å². The summed E-state index contributed by atoms with van der Waals surface area (Å²) in [5, 5.41) is 19.0. The second-order valence-electron chi connectivity index (χ2n) is 5.40. The molecule has 4 nitrogen and oxygen atoms in total. The minimum absolute atomic E-state index is 0. The van der Waals surface area contributed by atoms with Crippen LogP contribution in [0.1, 0.15) is 57.4 Å². The molecule has 0 aliphatic rings. The molecular weight excluding hydrogens is 308 g/mol. The van der Waals surface area contributed by atoms with Gasteiger partial charge in [0, 0.05) is 0 Å². The molecule has 5 heteroatoms. The first-order valence-corrected chi connectivity index (χ1v) is 7.58. The van der Waals surface area contributed by atoms with Crippen molar-refractivity contribution in [2.75, 3.05) is 0 Å². The van der Waals surface area contributed by atoms with Crippen LogP contribution >= 0.6 is 0 Å². The van der Waals surface area contributed by atoms with Crippen molar-refractivity contribution in [3.05, 3.63) is 35.9 Å². The zero-order valence-electron chi connectivity index (χ0n) is 12.5. The monoisotopic (exact) mass is 334 g/mol. The summed E-state index contributed by atoms with van der Waals surface area (Å²) in [4.78, 5) is 23.3. The van der Waals surface area contributed by atoms with Crippen LogP contribution in [-0.4, -0.2) is 59.9 Å². The molecule has 0 bridgehead atoms. The average molecular weight is 334 g/mol. The molecule has 0 saturated heterocycles. The number of carboxylic acids is 2. The number of carbonyl (C=O) groups is 2. The van der Waals surface area contributed by atoms with E-state index in [-0.39, 0.29) is 44.2 Å².